The number of nitrogens with zero attached hydrogens (tertiary/aromatic N) is 1. The monoisotopic (exact) mass is 525 g/mol. The molecule has 10 heteroatoms. The number of ether oxygens (including phenoxy) is 1. The normalized spacial score (nSPS) is 20.6. The quantitative estimate of drug-likeness (QED) is 0.367. The second kappa shape index (κ2) is 11.8. The number of piperidine rings is 1. The fourth-order valence-corrected chi connectivity index (χ4v) is 4.58. The summed E-state index contributed by atoms with van der Waals surface area (Å²) in [5, 5.41) is 26.4. The first-order chi connectivity index (χ1) is 16.6. The van der Waals surface area contributed by atoms with Gasteiger partial charge in [0.1, 0.15) is 11.6 Å². The van der Waals surface area contributed by atoms with Crippen LogP contribution < -0.4 is 10.6 Å². The Morgan fingerprint density at radius 1 is 1.19 bits per heavy atom. The molecule has 3 amide bonds. The van der Waals surface area contributed by atoms with Crippen LogP contribution in [0, 0.1) is 11.3 Å². The molecule has 4 N–H and O–H groups in total. The van der Waals surface area contributed by atoms with Gasteiger partial charge in [-0.2, -0.15) is 0 Å². The van der Waals surface area contributed by atoms with Crippen LogP contribution in [0.2, 0.25) is 5.02 Å². The summed E-state index contributed by atoms with van der Waals surface area (Å²) < 4.78 is 5.26. The van der Waals surface area contributed by atoms with Crippen LogP contribution in [0.4, 0.5) is 4.79 Å². The third-order valence-corrected chi connectivity index (χ3v) is 6.93. The van der Waals surface area contributed by atoms with Gasteiger partial charge in [-0.05, 0) is 43.9 Å². The summed E-state index contributed by atoms with van der Waals surface area (Å²) in [4.78, 5) is 39.4. The molecule has 0 saturated carbocycles. The second-order valence-corrected chi connectivity index (χ2v) is 11.5. The standard InChI is InChI=1S/C26H40ClN3O6/c1-17(2)21(29-23(34)28-15-25(5,6)36-20(32)11-14-31)22(33)30-13-12-26(35,24(3,4)16-30)18-7-9-19(27)10-8-18/h7-10,17,21,31,35H,11-16H2,1-6H3,(H2,28,29,34)/t21-,26+/m1/s1. The zero-order chi connectivity index (χ0) is 27.3. The van der Waals surface area contributed by atoms with Gasteiger partial charge in [-0.25, -0.2) is 4.79 Å². The number of aliphatic hydroxyl groups is 2. The van der Waals surface area contributed by atoms with E-state index < -0.39 is 34.7 Å². The minimum Gasteiger partial charge on any atom is -0.458 e. The van der Waals surface area contributed by atoms with E-state index in [2.05, 4.69) is 10.6 Å². The van der Waals surface area contributed by atoms with Crippen molar-refractivity contribution in [3.63, 3.8) is 0 Å². The first kappa shape index (κ1) is 29.9. The Bertz CT molecular complexity index is 934. The maximum atomic E-state index is 13.5. The average molecular weight is 526 g/mol. The molecule has 1 aromatic rings. The molecule has 1 heterocycles. The van der Waals surface area contributed by atoms with Gasteiger partial charge >= 0.3 is 12.0 Å². The SMILES string of the molecule is CC(C)[C@@H](NC(=O)NCC(C)(C)OC(=O)CCO)C(=O)N1CC[C@](O)(c2ccc(Cl)cc2)C(C)(C)C1. The van der Waals surface area contributed by atoms with E-state index >= 15 is 0 Å². The fraction of sp³-hybridized carbons (Fsp3) is 0.654. The lowest BCUT2D eigenvalue weighted by atomic mass is 9.66. The number of hydrogen-bond acceptors (Lipinski definition) is 6. The number of halogens is 1. The number of urea groups is 1. The second-order valence-electron chi connectivity index (χ2n) is 11.0. The molecule has 1 fully saturated rings. The molecule has 0 radical (unpaired) electrons. The molecule has 0 bridgehead atoms. The Morgan fingerprint density at radius 2 is 1.81 bits per heavy atom. The summed E-state index contributed by atoms with van der Waals surface area (Å²) in [6.45, 7) is 11.2. The smallest absolute Gasteiger partial charge is 0.315 e. The highest BCUT2D eigenvalue weighted by atomic mass is 35.5. The minimum absolute atomic E-state index is 0.0277. The Kier molecular flexibility index (Phi) is 9.78. The number of esters is 1. The largest absolute Gasteiger partial charge is 0.458 e. The summed E-state index contributed by atoms with van der Waals surface area (Å²) in [6.07, 6.45) is 0.219. The predicted octanol–water partition coefficient (Wildman–Crippen LogP) is 2.81. The number of carbonyl (C=O) groups excluding carboxylic acids is 3. The first-order valence-electron chi connectivity index (χ1n) is 12.3. The van der Waals surface area contributed by atoms with Gasteiger partial charge in [-0.3, -0.25) is 9.59 Å². The Balaban J connectivity index is 2.04. The summed E-state index contributed by atoms with van der Waals surface area (Å²) in [6, 6.07) is 5.79. The van der Waals surface area contributed by atoms with E-state index in [9.17, 15) is 19.5 Å². The lowest BCUT2D eigenvalue weighted by Gasteiger charge is -2.51. The van der Waals surface area contributed by atoms with Crippen LogP contribution in [0.3, 0.4) is 0 Å². The zero-order valence-electron chi connectivity index (χ0n) is 22.1. The van der Waals surface area contributed by atoms with Crippen molar-refractivity contribution in [2.75, 3.05) is 26.2 Å². The molecule has 1 saturated heterocycles. The van der Waals surface area contributed by atoms with Crippen molar-refractivity contribution in [1.29, 1.82) is 0 Å². The molecule has 0 spiro atoms. The van der Waals surface area contributed by atoms with Gasteiger partial charge in [-0.15, -0.1) is 0 Å². The van der Waals surface area contributed by atoms with E-state index in [-0.39, 0.29) is 31.4 Å². The molecule has 0 aliphatic carbocycles. The maximum absolute atomic E-state index is 13.5. The first-order valence-corrected chi connectivity index (χ1v) is 12.6. The number of amides is 3. The minimum atomic E-state index is -1.13. The maximum Gasteiger partial charge on any atom is 0.315 e. The predicted molar refractivity (Wildman–Crippen MR) is 137 cm³/mol. The molecule has 1 aliphatic rings. The van der Waals surface area contributed by atoms with Gasteiger partial charge in [0.05, 0.1) is 25.2 Å². The lowest BCUT2D eigenvalue weighted by Crippen LogP contribution is -2.61. The van der Waals surface area contributed by atoms with Gasteiger partial charge in [0, 0.05) is 23.5 Å². The lowest BCUT2D eigenvalue weighted by molar-refractivity contribution is -0.156. The molecule has 2 rings (SSSR count). The van der Waals surface area contributed by atoms with Crippen LogP contribution in [-0.2, 0) is 19.9 Å². The van der Waals surface area contributed by atoms with Crippen LogP contribution in [0.25, 0.3) is 0 Å². The van der Waals surface area contributed by atoms with Crippen LogP contribution in [0.1, 0.15) is 59.9 Å². The average Bonchev–Trinajstić information content (AvgIpc) is 2.77. The van der Waals surface area contributed by atoms with Gasteiger partial charge in [0.15, 0.2) is 0 Å². The summed E-state index contributed by atoms with van der Waals surface area (Å²) in [5.41, 5.74) is -2.01. The summed E-state index contributed by atoms with van der Waals surface area (Å²) in [5.74, 6) is -0.968. The molecular formula is C26H40ClN3O6. The van der Waals surface area contributed by atoms with Crippen LogP contribution in [0.5, 0.6) is 0 Å². The van der Waals surface area contributed by atoms with Crippen molar-refractivity contribution < 1.29 is 29.3 Å². The number of aliphatic hydroxyl groups excluding tert-OH is 1. The van der Waals surface area contributed by atoms with Crippen molar-refractivity contribution in [3.8, 4) is 0 Å². The third-order valence-electron chi connectivity index (χ3n) is 6.68. The van der Waals surface area contributed by atoms with Gasteiger partial charge in [-0.1, -0.05) is 51.4 Å². The Hall–Kier alpha value is -2.36. The number of benzene rings is 1. The molecule has 1 aromatic carbocycles. The highest BCUT2D eigenvalue weighted by Gasteiger charge is 2.50. The highest BCUT2D eigenvalue weighted by molar-refractivity contribution is 6.30. The Morgan fingerprint density at radius 3 is 2.33 bits per heavy atom. The molecule has 202 valence electrons. The molecule has 0 aromatic heterocycles. The van der Waals surface area contributed by atoms with E-state index in [1.165, 1.54) is 0 Å². The van der Waals surface area contributed by atoms with Gasteiger partial charge in [0.25, 0.3) is 0 Å². The van der Waals surface area contributed by atoms with Crippen LogP contribution >= 0.6 is 11.6 Å². The van der Waals surface area contributed by atoms with Crippen molar-refractivity contribution in [2.24, 2.45) is 11.3 Å². The molecule has 2 atom stereocenters. The highest BCUT2D eigenvalue weighted by Crippen LogP contribution is 2.46. The van der Waals surface area contributed by atoms with Crippen LogP contribution in [0.15, 0.2) is 24.3 Å². The van der Waals surface area contributed by atoms with E-state index in [4.69, 9.17) is 21.4 Å². The topological polar surface area (TPSA) is 128 Å². The van der Waals surface area contributed by atoms with Gasteiger partial charge in [0.2, 0.25) is 5.91 Å². The number of likely N-dealkylation sites (tertiary alicyclic amines) is 1. The van der Waals surface area contributed by atoms with Gasteiger partial charge < -0.3 is 30.5 Å². The molecule has 0 unspecified atom stereocenters. The number of hydrogen-bond donors (Lipinski definition) is 4. The van der Waals surface area contributed by atoms with Crippen LogP contribution in [-0.4, -0.2) is 70.9 Å². The fourth-order valence-electron chi connectivity index (χ4n) is 4.45. The molecule has 1 aliphatic heterocycles. The molecular weight excluding hydrogens is 486 g/mol. The van der Waals surface area contributed by atoms with Crippen molar-refractivity contribution >= 4 is 29.5 Å². The van der Waals surface area contributed by atoms with E-state index in [0.29, 0.717) is 24.5 Å². The summed E-state index contributed by atoms with van der Waals surface area (Å²) in [7, 11) is 0. The zero-order valence-corrected chi connectivity index (χ0v) is 22.8. The van der Waals surface area contributed by atoms with E-state index in [1.807, 2.05) is 39.8 Å². The number of carbonyl (C=O) groups is 3. The Labute approximate surface area is 218 Å². The van der Waals surface area contributed by atoms with E-state index in [0.717, 1.165) is 5.56 Å². The summed E-state index contributed by atoms with van der Waals surface area (Å²) >= 11 is 6.01. The van der Waals surface area contributed by atoms with E-state index in [1.54, 1.807) is 30.9 Å². The molecule has 9 nitrogen and oxygen atoms in total. The van der Waals surface area contributed by atoms with Crippen molar-refractivity contribution in [3.05, 3.63) is 34.9 Å². The third kappa shape index (κ3) is 7.33. The van der Waals surface area contributed by atoms with Crippen molar-refractivity contribution in [1.82, 2.24) is 15.5 Å². The number of rotatable bonds is 9. The van der Waals surface area contributed by atoms with Crippen molar-refractivity contribution in [2.45, 2.75) is 71.6 Å². The number of nitrogens with one attached hydrogen (secondary N) is 2. The molecule has 36 heavy (non-hydrogen) atoms.